The van der Waals surface area contributed by atoms with Crippen LogP contribution in [0.25, 0.3) is 22.2 Å². The van der Waals surface area contributed by atoms with Gasteiger partial charge in [0.15, 0.2) is 0 Å². The molecule has 1 unspecified atom stereocenters. The molecule has 0 aliphatic carbocycles. The number of pyridine rings is 1. The topological polar surface area (TPSA) is 82.0 Å². The zero-order valence-corrected chi connectivity index (χ0v) is 24.0. The van der Waals surface area contributed by atoms with Gasteiger partial charge in [0.25, 0.3) is 0 Å². The van der Waals surface area contributed by atoms with Gasteiger partial charge in [0, 0.05) is 36.8 Å². The summed E-state index contributed by atoms with van der Waals surface area (Å²) >= 11 is 0. The minimum atomic E-state index is -0.524. The van der Waals surface area contributed by atoms with Crippen LogP contribution in [0.15, 0.2) is 66.9 Å². The third-order valence-corrected chi connectivity index (χ3v) is 7.37. The van der Waals surface area contributed by atoms with Gasteiger partial charge in [0.2, 0.25) is 0 Å². The molecule has 4 heterocycles. The van der Waals surface area contributed by atoms with Gasteiger partial charge in [-0.3, -0.25) is 9.99 Å². The quantitative estimate of drug-likeness (QED) is 0.285. The van der Waals surface area contributed by atoms with Crippen molar-refractivity contribution in [2.45, 2.75) is 51.7 Å². The highest BCUT2D eigenvalue weighted by Gasteiger charge is 2.30. The van der Waals surface area contributed by atoms with E-state index in [9.17, 15) is 4.79 Å². The van der Waals surface area contributed by atoms with Crippen LogP contribution in [0.1, 0.15) is 51.8 Å². The van der Waals surface area contributed by atoms with E-state index in [-0.39, 0.29) is 12.2 Å². The molecule has 0 N–H and O–H groups in total. The van der Waals surface area contributed by atoms with Crippen molar-refractivity contribution in [3.8, 4) is 22.8 Å². The number of fused-ring (bicyclic) bond motifs is 1. The number of amides is 1. The van der Waals surface area contributed by atoms with E-state index in [4.69, 9.17) is 24.3 Å². The second kappa shape index (κ2) is 11.4. The third kappa shape index (κ3) is 6.00. The van der Waals surface area contributed by atoms with Gasteiger partial charge in [0.05, 0.1) is 18.8 Å². The monoisotopic (exact) mass is 555 g/mol. The largest absolute Gasteiger partial charge is 0.457 e. The molecule has 0 bridgehead atoms. The molecule has 2 aliphatic heterocycles. The number of carbonyl (C=O) groups is 1. The van der Waals surface area contributed by atoms with E-state index in [2.05, 4.69) is 5.01 Å². The predicted octanol–water partition coefficient (Wildman–Crippen LogP) is 6.32. The third-order valence-electron chi connectivity index (χ3n) is 7.37. The number of para-hydroxylation sites is 1. The van der Waals surface area contributed by atoms with Crippen molar-refractivity contribution in [3.05, 3.63) is 72.6 Å². The first-order chi connectivity index (χ1) is 19.9. The molecule has 2 fully saturated rings. The van der Waals surface area contributed by atoms with Crippen LogP contribution in [-0.2, 0) is 9.47 Å². The van der Waals surface area contributed by atoms with Crippen molar-refractivity contribution in [2.75, 3.05) is 37.8 Å². The molecular formula is C32H37N5O4. The summed E-state index contributed by atoms with van der Waals surface area (Å²) in [5.74, 6) is 1.55. The van der Waals surface area contributed by atoms with E-state index in [0.717, 1.165) is 65.2 Å². The van der Waals surface area contributed by atoms with Gasteiger partial charge < -0.3 is 19.1 Å². The summed E-state index contributed by atoms with van der Waals surface area (Å²) in [5, 5.41) is 8.37. The summed E-state index contributed by atoms with van der Waals surface area (Å²) in [4.78, 5) is 21.3. The average molecular weight is 556 g/mol. The Kier molecular flexibility index (Phi) is 7.53. The fraction of sp³-hybridized carbons (Fsp3) is 0.406. The molecule has 1 atom stereocenters. The van der Waals surface area contributed by atoms with Gasteiger partial charge in [-0.1, -0.05) is 18.2 Å². The summed E-state index contributed by atoms with van der Waals surface area (Å²) in [6.45, 7) is 8.76. The maximum atomic E-state index is 12.7. The smallest absolute Gasteiger partial charge is 0.410 e. The molecule has 9 nitrogen and oxygen atoms in total. The average Bonchev–Trinajstić information content (AvgIpc) is 3.38. The molecule has 2 aromatic heterocycles. The molecule has 6 rings (SSSR count). The van der Waals surface area contributed by atoms with Crippen LogP contribution in [0.3, 0.4) is 0 Å². The minimum absolute atomic E-state index is 0.0487. The van der Waals surface area contributed by atoms with E-state index in [0.29, 0.717) is 26.2 Å². The highest BCUT2D eigenvalue weighted by atomic mass is 16.6. The second-order valence-electron chi connectivity index (χ2n) is 11.5. The zero-order chi connectivity index (χ0) is 28.4. The molecule has 2 aliphatic rings. The van der Waals surface area contributed by atoms with Crippen molar-refractivity contribution in [1.82, 2.24) is 19.8 Å². The van der Waals surface area contributed by atoms with Gasteiger partial charge >= 0.3 is 6.09 Å². The van der Waals surface area contributed by atoms with E-state index in [1.807, 2.05) is 92.4 Å². The normalized spacial score (nSPS) is 18.0. The van der Waals surface area contributed by atoms with Crippen molar-refractivity contribution in [3.63, 3.8) is 0 Å². The number of nitrogens with zero attached hydrogens (tertiary/aromatic N) is 5. The number of rotatable bonds is 5. The molecule has 0 saturated carbocycles. The van der Waals surface area contributed by atoms with Gasteiger partial charge in [0.1, 0.15) is 34.4 Å². The molecule has 214 valence electrons. The number of benzene rings is 2. The Bertz CT molecular complexity index is 1480. The number of ether oxygens (including phenoxy) is 3. The van der Waals surface area contributed by atoms with Gasteiger partial charge in [-0.2, -0.15) is 9.89 Å². The first-order valence-electron chi connectivity index (χ1n) is 14.4. The van der Waals surface area contributed by atoms with E-state index >= 15 is 0 Å². The first kappa shape index (κ1) is 27.1. The lowest BCUT2D eigenvalue weighted by molar-refractivity contribution is 0.0126. The second-order valence-corrected chi connectivity index (χ2v) is 11.5. The Morgan fingerprint density at radius 2 is 1.66 bits per heavy atom. The van der Waals surface area contributed by atoms with Crippen LogP contribution in [-0.4, -0.2) is 64.3 Å². The first-order valence-corrected chi connectivity index (χ1v) is 14.4. The molecule has 2 aromatic carbocycles. The van der Waals surface area contributed by atoms with Gasteiger partial charge in [-0.15, -0.1) is 0 Å². The Morgan fingerprint density at radius 1 is 0.927 bits per heavy atom. The Hall–Kier alpha value is -4.11. The molecule has 2 saturated heterocycles. The van der Waals surface area contributed by atoms with Crippen LogP contribution >= 0.6 is 0 Å². The van der Waals surface area contributed by atoms with Crippen LogP contribution in [0.5, 0.6) is 11.5 Å². The predicted molar refractivity (Wildman–Crippen MR) is 158 cm³/mol. The summed E-state index contributed by atoms with van der Waals surface area (Å²) in [6.07, 6.45) is 4.67. The lowest BCUT2D eigenvalue weighted by Crippen LogP contribution is -2.54. The van der Waals surface area contributed by atoms with E-state index in [1.165, 1.54) is 0 Å². The highest BCUT2D eigenvalue weighted by molar-refractivity contribution is 5.94. The maximum Gasteiger partial charge on any atom is 0.410 e. The van der Waals surface area contributed by atoms with Crippen LogP contribution in [0.2, 0.25) is 0 Å². The fourth-order valence-corrected chi connectivity index (χ4v) is 5.38. The number of carbonyl (C=O) groups excluding carboxylic acids is 1. The van der Waals surface area contributed by atoms with Crippen LogP contribution in [0.4, 0.5) is 4.79 Å². The molecule has 4 aromatic rings. The number of hydrogen-bond donors (Lipinski definition) is 0. The standard InChI is InChI=1S/C32H37N5O4/c1-32(2,3)41-31(38)35-18-20-36(21-19-35)37-30-26(29(34-37)27-11-7-8-22-39-27)16-17-33-28(30)23-12-14-25(15-13-23)40-24-9-5-4-6-10-24/h4-6,9-10,12-17,27H,7-8,11,18-22H2,1-3H3. The maximum absolute atomic E-state index is 12.7. The Morgan fingerprint density at radius 3 is 2.34 bits per heavy atom. The van der Waals surface area contributed by atoms with Crippen molar-refractivity contribution in [1.29, 1.82) is 0 Å². The molecule has 0 spiro atoms. The fourth-order valence-electron chi connectivity index (χ4n) is 5.38. The minimum Gasteiger partial charge on any atom is -0.457 e. The van der Waals surface area contributed by atoms with Crippen molar-refractivity contribution < 1.29 is 19.0 Å². The van der Waals surface area contributed by atoms with Gasteiger partial charge in [-0.05, 0) is 82.5 Å². The number of aromatic nitrogens is 3. The van der Waals surface area contributed by atoms with E-state index in [1.54, 1.807) is 4.90 Å². The summed E-state index contributed by atoms with van der Waals surface area (Å²) in [7, 11) is 0. The lowest BCUT2D eigenvalue weighted by atomic mass is 10.0. The van der Waals surface area contributed by atoms with Gasteiger partial charge in [-0.25, -0.2) is 4.79 Å². The Balaban J connectivity index is 1.32. The van der Waals surface area contributed by atoms with Crippen LogP contribution < -0.4 is 9.75 Å². The Labute approximate surface area is 240 Å². The van der Waals surface area contributed by atoms with Crippen molar-refractivity contribution >= 4 is 17.0 Å². The summed E-state index contributed by atoms with van der Waals surface area (Å²) in [5.41, 5.74) is 3.18. The number of hydrogen-bond acceptors (Lipinski definition) is 7. The van der Waals surface area contributed by atoms with Crippen molar-refractivity contribution in [2.24, 2.45) is 0 Å². The zero-order valence-electron chi connectivity index (χ0n) is 24.0. The molecule has 41 heavy (non-hydrogen) atoms. The highest BCUT2D eigenvalue weighted by Crippen LogP contribution is 2.36. The summed E-state index contributed by atoms with van der Waals surface area (Å²) < 4.78 is 17.8. The van der Waals surface area contributed by atoms with Crippen LogP contribution in [0, 0.1) is 0 Å². The van der Waals surface area contributed by atoms with E-state index < -0.39 is 5.60 Å². The lowest BCUT2D eigenvalue weighted by Gasteiger charge is -2.36. The SMILES string of the molecule is CC(C)(C)OC(=O)N1CCN(n2nc(C3CCCCO3)c3ccnc(-c4ccc(Oc5ccccc5)cc4)c32)CC1. The molecule has 9 heteroatoms. The summed E-state index contributed by atoms with van der Waals surface area (Å²) in [6, 6.07) is 19.8. The molecule has 1 amide bonds. The molecule has 0 radical (unpaired) electrons. The molecular weight excluding hydrogens is 518 g/mol. The number of piperazine rings is 1.